The highest BCUT2D eigenvalue weighted by atomic mass is 16.5. The zero-order valence-corrected chi connectivity index (χ0v) is 15.7. The Morgan fingerprint density at radius 3 is 2.81 bits per heavy atom. The largest absolute Gasteiger partial charge is 0.493 e. The average molecular weight is 357 g/mol. The zero-order valence-electron chi connectivity index (χ0n) is 15.7. The summed E-state index contributed by atoms with van der Waals surface area (Å²) < 4.78 is 11.4. The van der Waals surface area contributed by atoms with E-state index in [4.69, 9.17) is 9.47 Å². The number of likely N-dealkylation sites (tertiary alicyclic amines) is 1. The van der Waals surface area contributed by atoms with E-state index in [1.165, 1.54) is 13.1 Å². The monoisotopic (exact) mass is 357 g/mol. The number of rotatable bonds is 9. The van der Waals surface area contributed by atoms with Gasteiger partial charge in [-0.2, -0.15) is 4.98 Å². The number of benzene rings is 1. The van der Waals surface area contributed by atoms with Crippen LogP contribution in [-0.4, -0.2) is 55.3 Å². The SMILES string of the molecule is CNc1ccnc(Nc2ccc(OC)c(OCCCN3CC(C)C3)c2)n1. The first kappa shape index (κ1) is 18.3. The summed E-state index contributed by atoms with van der Waals surface area (Å²) in [6, 6.07) is 7.53. The first-order chi connectivity index (χ1) is 12.7. The van der Waals surface area contributed by atoms with E-state index < -0.39 is 0 Å². The molecule has 0 amide bonds. The van der Waals surface area contributed by atoms with Crippen molar-refractivity contribution in [3.05, 3.63) is 30.5 Å². The van der Waals surface area contributed by atoms with Crippen LogP contribution in [0.2, 0.25) is 0 Å². The van der Waals surface area contributed by atoms with Gasteiger partial charge in [-0.25, -0.2) is 4.98 Å². The first-order valence-corrected chi connectivity index (χ1v) is 8.99. The number of methoxy groups -OCH3 is 1. The van der Waals surface area contributed by atoms with Crippen molar-refractivity contribution < 1.29 is 9.47 Å². The summed E-state index contributed by atoms with van der Waals surface area (Å²) in [6.07, 6.45) is 2.71. The number of aromatic nitrogens is 2. The molecule has 0 saturated carbocycles. The quantitative estimate of drug-likeness (QED) is 0.669. The second-order valence-corrected chi connectivity index (χ2v) is 6.57. The Labute approximate surface area is 154 Å². The highest BCUT2D eigenvalue weighted by Gasteiger charge is 2.21. The topological polar surface area (TPSA) is 71.5 Å². The molecule has 2 aromatic rings. The number of hydrogen-bond acceptors (Lipinski definition) is 7. The van der Waals surface area contributed by atoms with Crippen LogP contribution >= 0.6 is 0 Å². The van der Waals surface area contributed by atoms with Gasteiger partial charge in [-0.3, -0.25) is 0 Å². The van der Waals surface area contributed by atoms with E-state index >= 15 is 0 Å². The summed E-state index contributed by atoms with van der Waals surface area (Å²) in [6.45, 7) is 6.43. The third kappa shape index (κ3) is 4.76. The summed E-state index contributed by atoms with van der Waals surface area (Å²) in [5.74, 6) is 3.56. The molecule has 140 valence electrons. The van der Waals surface area contributed by atoms with Gasteiger partial charge in [0.1, 0.15) is 5.82 Å². The molecule has 1 saturated heterocycles. The molecular formula is C19H27N5O2. The second kappa shape index (κ2) is 8.71. The standard InChI is InChI=1S/C19H27N5O2/c1-14-12-24(13-14)9-4-10-26-17-11-15(5-6-16(17)25-3)22-19-21-8-7-18(20-2)23-19/h5-8,11,14H,4,9-10,12-13H2,1-3H3,(H2,20,21,22,23). The van der Waals surface area contributed by atoms with Crippen molar-refractivity contribution in [1.29, 1.82) is 0 Å². The maximum absolute atomic E-state index is 5.95. The van der Waals surface area contributed by atoms with Crippen molar-refractivity contribution in [1.82, 2.24) is 14.9 Å². The Hall–Kier alpha value is -2.54. The zero-order chi connectivity index (χ0) is 18.4. The van der Waals surface area contributed by atoms with Gasteiger partial charge in [0.05, 0.1) is 13.7 Å². The van der Waals surface area contributed by atoms with Crippen LogP contribution in [-0.2, 0) is 0 Å². The van der Waals surface area contributed by atoms with E-state index in [0.29, 0.717) is 12.6 Å². The number of nitrogens with one attached hydrogen (secondary N) is 2. The predicted octanol–water partition coefficient (Wildman–Crippen LogP) is 2.99. The van der Waals surface area contributed by atoms with Crippen LogP contribution in [0.5, 0.6) is 11.5 Å². The molecule has 0 atom stereocenters. The van der Waals surface area contributed by atoms with Crippen LogP contribution in [0, 0.1) is 5.92 Å². The lowest BCUT2D eigenvalue weighted by molar-refractivity contribution is 0.105. The molecule has 0 radical (unpaired) electrons. The summed E-state index contributed by atoms with van der Waals surface area (Å²) in [4.78, 5) is 11.1. The van der Waals surface area contributed by atoms with Crippen LogP contribution in [0.1, 0.15) is 13.3 Å². The van der Waals surface area contributed by atoms with Crippen molar-refractivity contribution in [3.63, 3.8) is 0 Å². The van der Waals surface area contributed by atoms with Gasteiger partial charge < -0.3 is 25.0 Å². The van der Waals surface area contributed by atoms with E-state index in [1.807, 2.05) is 31.3 Å². The van der Waals surface area contributed by atoms with E-state index in [2.05, 4.69) is 32.4 Å². The van der Waals surface area contributed by atoms with Gasteiger partial charge in [0.25, 0.3) is 0 Å². The lowest BCUT2D eigenvalue weighted by Gasteiger charge is -2.37. The van der Waals surface area contributed by atoms with E-state index in [0.717, 1.165) is 41.9 Å². The molecule has 26 heavy (non-hydrogen) atoms. The van der Waals surface area contributed by atoms with Crippen LogP contribution in [0.25, 0.3) is 0 Å². The fourth-order valence-electron chi connectivity index (χ4n) is 3.04. The van der Waals surface area contributed by atoms with Crippen molar-refractivity contribution in [3.8, 4) is 11.5 Å². The molecule has 2 N–H and O–H groups in total. The molecule has 1 aromatic carbocycles. The van der Waals surface area contributed by atoms with Crippen molar-refractivity contribution in [2.75, 3.05) is 51.0 Å². The lowest BCUT2D eigenvalue weighted by Crippen LogP contribution is -2.45. The van der Waals surface area contributed by atoms with E-state index in [-0.39, 0.29) is 0 Å². The van der Waals surface area contributed by atoms with Gasteiger partial charge in [0.2, 0.25) is 5.95 Å². The number of ether oxygens (including phenoxy) is 2. The van der Waals surface area contributed by atoms with Crippen molar-refractivity contribution in [2.24, 2.45) is 5.92 Å². The minimum absolute atomic E-state index is 0.528. The fourth-order valence-corrected chi connectivity index (χ4v) is 3.04. The molecule has 1 fully saturated rings. The molecule has 1 aliphatic heterocycles. The molecule has 3 rings (SSSR count). The van der Waals surface area contributed by atoms with E-state index in [9.17, 15) is 0 Å². The molecule has 0 unspecified atom stereocenters. The predicted molar refractivity (Wildman–Crippen MR) is 104 cm³/mol. The number of anilines is 3. The third-order valence-corrected chi connectivity index (χ3v) is 4.35. The first-order valence-electron chi connectivity index (χ1n) is 8.99. The molecule has 7 heteroatoms. The smallest absolute Gasteiger partial charge is 0.229 e. The highest BCUT2D eigenvalue weighted by Crippen LogP contribution is 2.31. The second-order valence-electron chi connectivity index (χ2n) is 6.57. The third-order valence-electron chi connectivity index (χ3n) is 4.35. The Bertz CT molecular complexity index is 719. The van der Waals surface area contributed by atoms with Crippen LogP contribution in [0.15, 0.2) is 30.5 Å². The van der Waals surface area contributed by atoms with Gasteiger partial charge in [-0.1, -0.05) is 6.92 Å². The maximum atomic E-state index is 5.95. The summed E-state index contributed by atoms with van der Waals surface area (Å²) in [5.41, 5.74) is 0.852. The van der Waals surface area contributed by atoms with Gasteiger partial charge in [0, 0.05) is 44.6 Å². The fraction of sp³-hybridized carbons (Fsp3) is 0.474. The van der Waals surface area contributed by atoms with Gasteiger partial charge in [-0.05, 0) is 30.5 Å². The molecule has 2 heterocycles. The molecule has 0 aliphatic carbocycles. The number of hydrogen-bond donors (Lipinski definition) is 2. The van der Waals surface area contributed by atoms with Crippen LogP contribution < -0.4 is 20.1 Å². The Balaban J connectivity index is 1.58. The Morgan fingerprint density at radius 1 is 1.23 bits per heavy atom. The maximum Gasteiger partial charge on any atom is 0.229 e. The minimum Gasteiger partial charge on any atom is -0.493 e. The van der Waals surface area contributed by atoms with E-state index in [1.54, 1.807) is 13.3 Å². The Kier molecular flexibility index (Phi) is 6.12. The summed E-state index contributed by atoms with van der Waals surface area (Å²) in [7, 11) is 3.47. The van der Waals surface area contributed by atoms with Crippen LogP contribution in [0.4, 0.5) is 17.5 Å². The van der Waals surface area contributed by atoms with Crippen molar-refractivity contribution in [2.45, 2.75) is 13.3 Å². The normalized spacial score (nSPS) is 14.6. The molecule has 7 nitrogen and oxygen atoms in total. The van der Waals surface area contributed by atoms with Gasteiger partial charge >= 0.3 is 0 Å². The summed E-state index contributed by atoms with van der Waals surface area (Å²) >= 11 is 0. The Morgan fingerprint density at radius 2 is 2.08 bits per heavy atom. The molecule has 1 aliphatic rings. The highest BCUT2D eigenvalue weighted by molar-refractivity contribution is 5.60. The van der Waals surface area contributed by atoms with Gasteiger partial charge in [-0.15, -0.1) is 0 Å². The number of nitrogens with zero attached hydrogens (tertiary/aromatic N) is 3. The summed E-state index contributed by atoms with van der Waals surface area (Å²) in [5, 5.41) is 6.19. The minimum atomic E-state index is 0.528. The molecular weight excluding hydrogens is 330 g/mol. The van der Waals surface area contributed by atoms with Crippen LogP contribution in [0.3, 0.4) is 0 Å². The lowest BCUT2D eigenvalue weighted by atomic mass is 10.0. The average Bonchev–Trinajstić information content (AvgIpc) is 2.64. The molecule has 0 spiro atoms. The van der Waals surface area contributed by atoms with Crippen molar-refractivity contribution >= 4 is 17.5 Å². The van der Waals surface area contributed by atoms with Gasteiger partial charge in [0.15, 0.2) is 11.5 Å². The molecule has 1 aromatic heterocycles. The molecule has 0 bridgehead atoms.